The summed E-state index contributed by atoms with van der Waals surface area (Å²) in [7, 11) is 0. The number of nitrogens with zero attached hydrogens (tertiary/aromatic N) is 1. The summed E-state index contributed by atoms with van der Waals surface area (Å²) in [6.45, 7) is 8.63. The lowest BCUT2D eigenvalue weighted by Gasteiger charge is -2.28. The smallest absolute Gasteiger partial charge is 0.0667 e. The second-order valence-corrected chi connectivity index (χ2v) is 4.93. The molecule has 0 saturated heterocycles. The van der Waals surface area contributed by atoms with Crippen LogP contribution in [0, 0.1) is 5.92 Å². The van der Waals surface area contributed by atoms with Gasteiger partial charge in [-0.05, 0) is 39.0 Å². The third kappa shape index (κ3) is 4.43. The van der Waals surface area contributed by atoms with Gasteiger partial charge in [-0.15, -0.1) is 0 Å². The van der Waals surface area contributed by atoms with Gasteiger partial charge in [0.15, 0.2) is 0 Å². The van der Waals surface area contributed by atoms with E-state index >= 15 is 0 Å². The van der Waals surface area contributed by atoms with Crippen molar-refractivity contribution in [3.63, 3.8) is 0 Å². The molecule has 0 spiro atoms. The molecule has 0 amide bonds. The van der Waals surface area contributed by atoms with E-state index in [1.807, 2.05) is 0 Å². The fourth-order valence-corrected chi connectivity index (χ4v) is 1.82. The fraction of sp³-hybridized carbons (Fsp3) is 1.00. The molecule has 0 aromatic heterocycles. The number of rotatable bonds is 7. The molecule has 1 aliphatic rings. The van der Waals surface area contributed by atoms with Crippen LogP contribution in [0.5, 0.6) is 0 Å². The third-order valence-corrected chi connectivity index (χ3v) is 2.99. The number of hydrogen-bond donors (Lipinski definition) is 1. The maximum atomic E-state index is 9.76. The lowest BCUT2D eigenvalue weighted by Crippen LogP contribution is -2.38. The van der Waals surface area contributed by atoms with Crippen molar-refractivity contribution < 1.29 is 5.11 Å². The number of aliphatic hydroxyl groups excluding tert-OH is 1. The Bertz CT molecular complexity index is 154. The molecule has 1 unspecified atom stereocenters. The van der Waals surface area contributed by atoms with E-state index in [0.717, 1.165) is 25.3 Å². The van der Waals surface area contributed by atoms with Gasteiger partial charge in [-0.3, -0.25) is 4.90 Å². The third-order valence-electron chi connectivity index (χ3n) is 2.99. The van der Waals surface area contributed by atoms with Gasteiger partial charge in [0.2, 0.25) is 0 Å². The van der Waals surface area contributed by atoms with Crippen LogP contribution in [-0.2, 0) is 0 Å². The van der Waals surface area contributed by atoms with Crippen molar-refractivity contribution in [1.82, 2.24) is 4.90 Å². The molecule has 0 radical (unpaired) electrons. The Morgan fingerprint density at radius 2 is 2.00 bits per heavy atom. The van der Waals surface area contributed by atoms with Crippen molar-refractivity contribution in [3.05, 3.63) is 0 Å². The standard InChI is InChI=1S/C12H25NO/c1-4-5-12(14)9-13(10(2)3)8-11-6-7-11/h10-12,14H,4-9H2,1-3H3. The molecule has 0 aliphatic heterocycles. The summed E-state index contributed by atoms with van der Waals surface area (Å²) in [6, 6.07) is 0.571. The van der Waals surface area contributed by atoms with E-state index in [9.17, 15) is 5.11 Å². The van der Waals surface area contributed by atoms with Gasteiger partial charge in [-0.1, -0.05) is 13.3 Å². The van der Waals surface area contributed by atoms with Crippen LogP contribution >= 0.6 is 0 Å². The van der Waals surface area contributed by atoms with E-state index in [-0.39, 0.29) is 6.10 Å². The van der Waals surface area contributed by atoms with E-state index in [1.54, 1.807) is 0 Å². The summed E-state index contributed by atoms with van der Waals surface area (Å²) in [5.74, 6) is 0.922. The number of hydrogen-bond acceptors (Lipinski definition) is 2. The Morgan fingerprint density at radius 3 is 2.43 bits per heavy atom. The predicted molar refractivity (Wildman–Crippen MR) is 60.3 cm³/mol. The van der Waals surface area contributed by atoms with Gasteiger partial charge >= 0.3 is 0 Å². The average Bonchev–Trinajstić information content (AvgIpc) is 2.87. The second-order valence-electron chi connectivity index (χ2n) is 4.93. The van der Waals surface area contributed by atoms with Crippen LogP contribution in [0.25, 0.3) is 0 Å². The first kappa shape index (κ1) is 12.0. The molecular formula is C12H25NO. The summed E-state index contributed by atoms with van der Waals surface area (Å²) in [4.78, 5) is 2.43. The number of aliphatic hydroxyl groups is 1. The van der Waals surface area contributed by atoms with Crippen LogP contribution in [0.15, 0.2) is 0 Å². The maximum Gasteiger partial charge on any atom is 0.0667 e. The molecule has 1 rings (SSSR count). The van der Waals surface area contributed by atoms with Crippen LogP contribution in [-0.4, -0.2) is 35.2 Å². The summed E-state index contributed by atoms with van der Waals surface area (Å²) in [6.07, 6.45) is 4.69. The summed E-state index contributed by atoms with van der Waals surface area (Å²) in [5, 5.41) is 9.76. The van der Waals surface area contributed by atoms with Crippen LogP contribution < -0.4 is 0 Å². The molecule has 14 heavy (non-hydrogen) atoms. The van der Waals surface area contributed by atoms with Gasteiger partial charge in [0.05, 0.1) is 6.10 Å². The molecule has 1 saturated carbocycles. The zero-order chi connectivity index (χ0) is 10.6. The Hall–Kier alpha value is -0.0800. The van der Waals surface area contributed by atoms with Crippen molar-refractivity contribution in [2.24, 2.45) is 5.92 Å². The first-order chi connectivity index (χ1) is 6.63. The molecule has 0 bridgehead atoms. The van der Waals surface area contributed by atoms with Crippen molar-refractivity contribution in [2.75, 3.05) is 13.1 Å². The first-order valence-electron chi connectivity index (χ1n) is 6.05. The molecule has 0 heterocycles. The SMILES string of the molecule is CCCC(O)CN(CC1CC1)C(C)C. The van der Waals surface area contributed by atoms with Gasteiger partial charge in [0.25, 0.3) is 0 Å². The monoisotopic (exact) mass is 199 g/mol. The lowest BCUT2D eigenvalue weighted by molar-refractivity contribution is 0.0858. The van der Waals surface area contributed by atoms with E-state index in [1.165, 1.54) is 19.4 Å². The molecule has 2 nitrogen and oxygen atoms in total. The van der Waals surface area contributed by atoms with Crippen LogP contribution in [0.1, 0.15) is 46.5 Å². The molecule has 1 N–H and O–H groups in total. The normalized spacial score (nSPS) is 19.3. The molecule has 2 heteroatoms. The molecule has 1 aliphatic carbocycles. The van der Waals surface area contributed by atoms with Crippen molar-refractivity contribution in [3.8, 4) is 0 Å². The minimum Gasteiger partial charge on any atom is -0.392 e. The highest BCUT2D eigenvalue weighted by Crippen LogP contribution is 2.30. The fourth-order valence-electron chi connectivity index (χ4n) is 1.82. The lowest BCUT2D eigenvalue weighted by atomic mass is 10.1. The predicted octanol–water partition coefficient (Wildman–Crippen LogP) is 2.27. The van der Waals surface area contributed by atoms with Gasteiger partial charge < -0.3 is 5.11 Å². The topological polar surface area (TPSA) is 23.5 Å². The van der Waals surface area contributed by atoms with E-state index in [2.05, 4.69) is 25.7 Å². The van der Waals surface area contributed by atoms with Crippen LogP contribution in [0.3, 0.4) is 0 Å². The van der Waals surface area contributed by atoms with Crippen LogP contribution in [0.2, 0.25) is 0 Å². The minimum absolute atomic E-state index is 0.124. The summed E-state index contributed by atoms with van der Waals surface area (Å²) < 4.78 is 0. The first-order valence-corrected chi connectivity index (χ1v) is 6.05. The molecule has 1 atom stereocenters. The maximum absolute atomic E-state index is 9.76. The Morgan fingerprint density at radius 1 is 1.36 bits per heavy atom. The summed E-state index contributed by atoms with van der Waals surface area (Å²) >= 11 is 0. The van der Waals surface area contributed by atoms with E-state index < -0.39 is 0 Å². The molecular weight excluding hydrogens is 174 g/mol. The highest BCUT2D eigenvalue weighted by molar-refractivity contribution is 4.79. The largest absolute Gasteiger partial charge is 0.392 e. The Balaban J connectivity index is 2.25. The average molecular weight is 199 g/mol. The zero-order valence-corrected chi connectivity index (χ0v) is 9.87. The Labute approximate surface area is 88.3 Å². The minimum atomic E-state index is -0.124. The van der Waals surface area contributed by atoms with E-state index in [4.69, 9.17) is 0 Å². The van der Waals surface area contributed by atoms with Gasteiger partial charge in [0, 0.05) is 19.1 Å². The zero-order valence-electron chi connectivity index (χ0n) is 9.87. The quantitative estimate of drug-likeness (QED) is 0.680. The molecule has 0 aromatic rings. The van der Waals surface area contributed by atoms with Gasteiger partial charge in [-0.2, -0.15) is 0 Å². The Kier molecular flexibility index (Phi) is 4.90. The van der Waals surface area contributed by atoms with Gasteiger partial charge in [0.1, 0.15) is 0 Å². The highest BCUT2D eigenvalue weighted by atomic mass is 16.3. The van der Waals surface area contributed by atoms with Crippen LogP contribution in [0.4, 0.5) is 0 Å². The van der Waals surface area contributed by atoms with E-state index in [0.29, 0.717) is 6.04 Å². The van der Waals surface area contributed by atoms with Gasteiger partial charge in [-0.25, -0.2) is 0 Å². The molecule has 0 aromatic carbocycles. The highest BCUT2D eigenvalue weighted by Gasteiger charge is 2.26. The molecule has 1 fully saturated rings. The summed E-state index contributed by atoms with van der Waals surface area (Å²) in [5.41, 5.74) is 0. The van der Waals surface area contributed by atoms with Crippen molar-refractivity contribution in [2.45, 2.75) is 58.6 Å². The van der Waals surface area contributed by atoms with Crippen molar-refractivity contribution in [1.29, 1.82) is 0 Å². The van der Waals surface area contributed by atoms with Crippen molar-refractivity contribution >= 4 is 0 Å². The molecule has 84 valence electrons. The second kappa shape index (κ2) is 5.72.